The highest BCUT2D eigenvalue weighted by Crippen LogP contribution is 2.41. The number of hydrogen-bond acceptors (Lipinski definition) is 4. The summed E-state index contributed by atoms with van der Waals surface area (Å²) in [6.45, 7) is 3.43. The number of methoxy groups -OCH3 is 1. The van der Waals surface area contributed by atoms with Crippen molar-refractivity contribution in [1.82, 2.24) is 14.7 Å². The predicted molar refractivity (Wildman–Crippen MR) is 100 cm³/mol. The highest BCUT2D eigenvalue weighted by Gasteiger charge is 2.46. The molecule has 0 saturated carbocycles. The van der Waals surface area contributed by atoms with Gasteiger partial charge in [0.1, 0.15) is 11.6 Å². The molecule has 0 radical (unpaired) electrons. The lowest BCUT2D eigenvalue weighted by molar-refractivity contribution is -0.173. The monoisotopic (exact) mass is 394 g/mol. The SMILES string of the molecule is COc1ccc(CN2CCC[C@@H]2c2cc3n(n2)[C@@H](C(F)(F)F)C[C@@H](C)N3)cc1. The van der Waals surface area contributed by atoms with Crippen LogP contribution in [0.15, 0.2) is 30.3 Å². The molecule has 8 heteroatoms. The Morgan fingerprint density at radius 1 is 1.25 bits per heavy atom. The molecule has 1 fully saturated rings. The molecule has 1 N–H and O–H groups in total. The van der Waals surface area contributed by atoms with Crippen LogP contribution in [0.25, 0.3) is 0 Å². The second kappa shape index (κ2) is 7.31. The van der Waals surface area contributed by atoms with E-state index in [2.05, 4.69) is 15.3 Å². The number of likely N-dealkylation sites (tertiary alicyclic amines) is 1. The summed E-state index contributed by atoms with van der Waals surface area (Å²) in [7, 11) is 1.63. The van der Waals surface area contributed by atoms with Crippen molar-refractivity contribution >= 4 is 5.82 Å². The Labute approximate surface area is 162 Å². The van der Waals surface area contributed by atoms with Crippen LogP contribution >= 0.6 is 0 Å². The molecule has 5 nitrogen and oxygen atoms in total. The van der Waals surface area contributed by atoms with Gasteiger partial charge in [-0.15, -0.1) is 0 Å². The van der Waals surface area contributed by atoms with Crippen LogP contribution in [0.5, 0.6) is 5.75 Å². The number of ether oxygens (including phenoxy) is 1. The normalized spacial score (nSPS) is 25.4. The van der Waals surface area contributed by atoms with Crippen molar-refractivity contribution in [2.75, 3.05) is 19.0 Å². The Morgan fingerprint density at radius 3 is 2.68 bits per heavy atom. The molecule has 0 bridgehead atoms. The van der Waals surface area contributed by atoms with Crippen molar-refractivity contribution in [3.05, 3.63) is 41.6 Å². The number of halogens is 3. The molecule has 0 spiro atoms. The van der Waals surface area contributed by atoms with Crippen LogP contribution < -0.4 is 10.1 Å². The molecular weight excluding hydrogens is 369 g/mol. The Balaban J connectivity index is 1.56. The number of aromatic nitrogens is 2. The molecule has 2 aromatic rings. The molecule has 0 amide bonds. The summed E-state index contributed by atoms with van der Waals surface area (Å²) in [6, 6.07) is 7.93. The highest BCUT2D eigenvalue weighted by atomic mass is 19.4. The smallest absolute Gasteiger partial charge is 0.410 e. The van der Waals surface area contributed by atoms with E-state index in [0.717, 1.165) is 47.6 Å². The van der Waals surface area contributed by atoms with Crippen LogP contribution in [-0.2, 0) is 6.54 Å². The van der Waals surface area contributed by atoms with E-state index in [9.17, 15) is 13.2 Å². The molecular formula is C20H25F3N4O. The first-order valence-electron chi connectivity index (χ1n) is 9.65. The fourth-order valence-electron chi connectivity index (χ4n) is 4.26. The average Bonchev–Trinajstić information content (AvgIpc) is 3.27. The maximum atomic E-state index is 13.5. The third-order valence-corrected chi connectivity index (χ3v) is 5.65. The standard InChI is InChI=1S/C20H25F3N4O/c1-13-10-18(20(21,22)23)27-19(24-13)11-16(25-27)17-4-3-9-26(17)12-14-5-7-15(28-2)8-6-14/h5-8,11,13,17-18,24H,3-4,9-10,12H2,1-2H3/t13-,17-,18-/m1/s1. The highest BCUT2D eigenvalue weighted by molar-refractivity contribution is 5.42. The predicted octanol–water partition coefficient (Wildman–Crippen LogP) is 4.54. The van der Waals surface area contributed by atoms with Crippen molar-refractivity contribution in [2.45, 2.75) is 57.0 Å². The molecule has 28 heavy (non-hydrogen) atoms. The van der Waals surface area contributed by atoms with Crippen molar-refractivity contribution in [2.24, 2.45) is 0 Å². The minimum atomic E-state index is -4.30. The number of benzene rings is 1. The number of alkyl halides is 3. The van der Waals surface area contributed by atoms with Crippen molar-refractivity contribution in [1.29, 1.82) is 0 Å². The number of anilines is 1. The minimum Gasteiger partial charge on any atom is -0.497 e. The molecule has 1 aromatic carbocycles. The molecule has 0 aliphatic carbocycles. The second-order valence-corrected chi connectivity index (χ2v) is 7.71. The van der Waals surface area contributed by atoms with E-state index in [1.54, 1.807) is 20.1 Å². The summed E-state index contributed by atoms with van der Waals surface area (Å²) in [6.07, 6.45) is -2.39. The van der Waals surface area contributed by atoms with Gasteiger partial charge in [0.2, 0.25) is 0 Å². The molecule has 3 heterocycles. The Hall–Kier alpha value is -2.22. The molecule has 3 atom stereocenters. The van der Waals surface area contributed by atoms with E-state index >= 15 is 0 Å². The lowest BCUT2D eigenvalue weighted by atomic mass is 10.1. The lowest BCUT2D eigenvalue weighted by Gasteiger charge is -2.31. The van der Waals surface area contributed by atoms with E-state index in [-0.39, 0.29) is 18.5 Å². The van der Waals surface area contributed by atoms with Crippen LogP contribution in [0, 0.1) is 0 Å². The zero-order valence-corrected chi connectivity index (χ0v) is 16.0. The van der Waals surface area contributed by atoms with Gasteiger partial charge in [0.05, 0.1) is 18.8 Å². The topological polar surface area (TPSA) is 42.3 Å². The molecule has 4 rings (SSSR count). The molecule has 2 aliphatic rings. The van der Waals surface area contributed by atoms with Crippen molar-refractivity contribution < 1.29 is 17.9 Å². The van der Waals surface area contributed by atoms with Gasteiger partial charge in [0, 0.05) is 18.7 Å². The summed E-state index contributed by atoms with van der Waals surface area (Å²) in [5.74, 6) is 1.27. The van der Waals surface area contributed by atoms with Crippen LogP contribution in [-0.4, -0.2) is 40.6 Å². The van der Waals surface area contributed by atoms with Crippen LogP contribution in [0.1, 0.15) is 49.5 Å². The number of fused-ring (bicyclic) bond motifs is 1. The van der Waals surface area contributed by atoms with Gasteiger partial charge in [-0.1, -0.05) is 12.1 Å². The molecule has 2 aliphatic heterocycles. The van der Waals surface area contributed by atoms with E-state index in [1.165, 1.54) is 0 Å². The quantitative estimate of drug-likeness (QED) is 0.827. The van der Waals surface area contributed by atoms with Gasteiger partial charge in [0.25, 0.3) is 0 Å². The van der Waals surface area contributed by atoms with Crippen molar-refractivity contribution in [3.63, 3.8) is 0 Å². The Bertz CT molecular complexity index is 818. The first kappa shape index (κ1) is 19.1. The third-order valence-electron chi connectivity index (χ3n) is 5.65. The Morgan fingerprint density at radius 2 is 2.00 bits per heavy atom. The second-order valence-electron chi connectivity index (χ2n) is 7.71. The molecule has 1 saturated heterocycles. The molecule has 1 aromatic heterocycles. The number of nitrogens with one attached hydrogen (secondary N) is 1. The minimum absolute atomic E-state index is 0.00213. The van der Waals surface area contributed by atoms with E-state index < -0.39 is 12.2 Å². The van der Waals surface area contributed by atoms with E-state index in [1.807, 2.05) is 24.3 Å². The zero-order valence-electron chi connectivity index (χ0n) is 16.0. The fourth-order valence-corrected chi connectivity index (χ4v) is 4.26. The Kier molecular flexibility index (Phi) is 4.99. The molecule has 152 valence electrons. The maximum absolute atomic E-state index is 13.5. The third kappa shape index (κ3) is 3.70. The van der Waals surface area contributed by atoms with Gasteiger partial charge in [-0.25, -0.2) is 4.68 Å². The summed E-state index contributed by atoms with van der Waals surface area (Å²) >= 11 is 0. The number of rotatable bonds is 4. The van der Waals surface area contributed by atoms with Gasteiger partial charge < -0.3 is 10.1 Å². The van der Waals surface area contributed by atoms with E-state index in [0.29, 0.717) is 5.82 Å². The lowest BCUT2D eigenvalue weighted by Crippen LogP contribution is -2.37. The summed E-state index contributed by atoms with van der Waals surface area (Å²) in [5, 5.41) is 7.56. The zero-order chi connectivity index (χ0) is 19.9. The summed E-state index contributed by atoms with van der Waals surface area (Å²) < 4.78 is 46.8. The summed E-state index contributed by atoms with van der Waals surface area (Å²) in [4.78, 5) is 2.29. The van der Waals surface area contributed by atoms with Crippen LogP contribution in [0.3, 0.4) is 0 Å². The maximum Gasteiger partial charge on any atom is 0.410 e. The van der Waals surface area contributed by atoms with Gasteiger partial charge in [-0.3, -0.25) is 4.90 Å². The fraction of sp³-hybridized carbons (Fsp3) is 0.550. The number of hydrogen-bond donors (Lipinski definition) is 1. The first-order chi connectivity index (χ1) is 13.3. The summed E-state index contributed by atoms with van der Waals surface area (Å²) in [5.41, 5.74) is 1.87. The number of nitrogens with zero attached hydrogens (tertiary/aromatic N) is 3. The van der Waals surface area contributed by atoms with Crippen LogP contribution in [0.4, 0.5) is 19.0 Å². The first-order valence-corrected chi connectivity index (χ1v) is 9.65. The molecule has 0 unspecified atom stereocenters. The van der Waals surface area contributed by atoms with E-state index in [4.69, 9.17) is 4.74 Å². The average molecular weight is 394 g/mol. The van der Waals surface area contributed by atoms with Crippen LogP contribution in [0.2, 0.25) is 0 Å². The van der Waals surface area contributed by atoms with Gasteiger partial charge in [-0.2, -0.15) is 18.3 Å². The van der Waals surface area contributed by atoms with Crippen molar-refractivity contribution in [3.8, 4) is 5.75 Å². The van der Waals surface area contributed by atoms with Gasteiger partial charge in [0.15, 0.2) is 6.04 Å². The largest absolute Gasteiger partial charge is 0.497 e. The van der Waals surface area contributed by atoms with Gasteiger partial charge >= 0.3 is 6.18 Å². The van der Waals surface area contributed by atoms with Gasteiger partial charge in [-0.05, 0) is 50.4 Å².